The van der Waals surface area contributed by atoms with Crippen molar-refractivity contribution in [3.8, 4) is 0 Å². The first-order valence-electron chi connectivity index (χ1n) is 5.27. The van der Waals surface area contributed by atoms with Crippen molar-refractivity contribution in [2.24, 2.45) is 0 Å². The third-order valence-corrected chi connectivity index (χ3v) is 2.91. The van der Waals surface area contributed by atoms with E-state index in [1.165, 1.54) is 10.8 Å². The largest absolute Gasteiger partial charge is 0.376 e. The monoisotopic (exact) mass is 244 g/mol. The van der Waals surface area contributed by atoms with Crippen LogP contribution < -0.4 is 11.2 Å². The molecule has 88 valence electrons. The van der Waals surface area contributed by atoms with E-state index in [9.17, 15) is 9.59 Å². The maximum atomic E-state index is 11.5. The van der Waals surface area contributed by atoms with Crippen LogP contribution in [0.3, 0.4) is 0 Å². The summed E-state index contributed by atoms with van der Waals surface area (Å²) in [5, 5.41) is 0.0235. The molecule has 0 aliphatic carbocycles. The van der Waals surface area contributed by atoms with Crippen LogP contribution in [-0.2, 0) is 11.3 Å². The highest BCUT2D eigenvalue weighted by molar-refractivity contribution is 6.30. The SMILES string of the molecule is O=c1[nH]c(=O)n(CC2CCCCO2)cc1Cl. The second-order valence-electron chi connectivity index (χ2n) is 3.88. The maximum absolute atomic E-state index is 11.5. The number of nitrogens with zero attached hydrogens (tertiary/aromatic N) is 1. The number of rotatable bonds is 2. The molecule has 1 saturated heterocycles. The minimum Gasteiger partial charge on any atom is -0.376 e. The van der Waals surface area contributed by atoms with Crippen LogP contribution in [0.1, 0.15) is 19.3 Å². The maximum Gasteiger partial charge on any atom is 0.328 e. The molecule has 0 aromatic carbocycles. The molecule has 0 amide bonds. The Morgan fingerprint density at radius 3 is 3.00 bits per heavy atom. The molecular formula is C10H13ClN2O3. The molecule has 2 rings (SSSR count). The van der Waals surface area contributed by atoms with E-state index in [1.807, 2.05) is 0 Å². The summed E-state index contributed by atoms with van der Waals surface area (Å²) in [7, 11) is 0. The topological polar surface area (TPSA) is 64.1 Å². The molecule has 1 aliphatic heterocycles. The quantitative estimate of drug-likeness (QED) is 0.835. The van der Waals surface area contributed by atoms with Gasteiger partial charge in [0, 0.05) is 12.8 Å². The highest BCUT2D eigenvalue weighted by Gasteiger charge is 2.15. The first-order chi connectivity index (χ1) is 7.66. The zero-order valence-corrected chi connectivity index (χ0v) is 9.50. The summed E-state index contributed by atoms with van der Waals surface area (Å²) >= 11 is 5.66. The fourth-order valence-corrected chi connectivity index (χ4v) is 1.95. The number of halogens is 1. The lowest BCUT2D eigenvalue weighted by molar-refractivity contribution is 0.00520. The van der Waals surface area contributed by atoms with Crippen molar-refractivity contribution in [1.29, 1.82) is 0 Å². The van der Waals surface area contributed by atoms with E-state index in [4.69, 9.17) is 16.3 Å². The Morgan fingerprint density at radius 2 is 2.31 bits per heavy atom. The normalized spacial score (nSPS) is 20.9. The number of ether oxygens (including phenoxy) is 1. The van der Waals surface area contributed by atoms with E-state index in [0.29, 0.717) is 6.54 Å². The summed E-state index contributed by atoms with van der Waals surface area (Å²) < 4.78 is 6.90. The van der Waals surface area contributed by atoms with Crippen molar-refractivity contribution in [2.75, 3.05) is 6.61 Å². The van der Waals surface area contributed by atoms with Gasteiger partial charge in [-0.2, -0.15) is 0 Å². The number of aromatic amines is 1. The van der Waals surface area contributed by atoms with Gasteiger partial charge >= 0.3 is 5.69 Å². The van der Waals surface area contributed by atoms with Gasteiger partial charge in [-0.05, 0) is 19.3 Å². The van der Waals surface area contributed by atoms with E-state index in [0.717, 1.165) is 25.9 Å². The number of hydrogen-bond donors (Lipinski definition) is 1. The molecule has 1 unspecified atom stereocenters. The molecule has 5 nitrogen and oxygen atoms in total. The van der Waals surface area contributed by atoms with Gasteiger partial charge in [-0.25, -0.2) is 4.79 Å². The molecule has 0 bridgehead atoms. The summed E-state index contributed by atoms with van der Waals surface area (Å²) in [5.74, 6) is 0. The number of nitrogens with one attached hydrogen (secondary N) is 1. The second kappa shape index (κ2) is 4.84. The van der Waals surface area contributed by atoms with E-state index in [1.54, 1.807) is 0 Å². The number of aromatic nitrogens is 2. The summed E-state index contributed by atoms with van der Waals surface area (Å²) in [5.41, 5.74) is -0.990. The molecule has 1 aliphatic rings. The van der Waals surface area contributed by atoms with Gasteiger partial charge in [-0.1, -0.05) is 11.6 Å². The zero-order valence-electron chi connectivity index (χ0n) is 8.74. The van der Waals surface area contributed by atoms with E-state index < -0.39 is 11.2 Å². The first-order valence-corrected chi connectivity index (χ1v) is 5.65. The number of H-pyrrole nitrogens is 1. The van der Waals surface area contributed by atoms with Gasteiger partial charge in [0.1, 0.15) is 5.02 Å². The summed E-state index contributed by atoms with van der Waals surface area (Å²) in [6, 6.07) is 0. The molecule has 0 spiro atoms. The van der Waals surface area contributed by atoms with Crippen LogP contribution >= 0.6 is 11.6 Å². The first kappa shape index (κ1) is 11.4. The van der Waals surface area contributed by atoms with E-state index >= 15 is 0 Å². The smallest absolute Gasteiger partial charge is 0.328 e. The molecule has 16 heavy (non-hydrogen) atoms. The standard InChI is InChI=1S/C10H13ClN2O3/c11-8-6-13(10(15)12-9(8)14)5-7-3-1-2-4-16-7/h6-7H,1-5H2,(H,12,14,15). The van der Waals surface area contributed by atoms with Crippen molar-refractivity contribution in [3.05, 3.63) is 32.1 Å². The van der Waals surface area contributed by atoms with Crippen LogP contribution in [0.25, 0.3) is 0 Å². The Hall–Kier alpha value is -1.07. The predicted octanol–water partition coefficient (Wildman–Crippen LogP) is 0.759. The summed E-state index contributed by atoms with van der Waals surface area (Å²) in [6.45, 7) is 1.17. The van der Waals surface area contributed by atoms with Crippen molar-refractivity contribution >= 4 is 11.6 Å². The summed E-state index contributed by atoms with van der Waals surface area (Å²) in [4.78, 5) is 24.7. The van der Waals surface area contributed by atoms with Crippen LogP contribution in [0.4, 0.5) is 0 Å². The van der Waals surface area contributed by atoms with Crippen LogP contribution in [-0.4, -0.2) is 22.3 Å². The van der Waals surface area contributed by atoms with Crippen LogP contribution in [0.15, 0.2) is 15.8 Å². The minimum absolute atomic E-state index is 0.0235. The van der Waals surface area contributed by atoms with E-state index in [2.05, 4.69) is 4.98 Å². The molecule has 2 heterocycles. The predicted molar refractivity (Wildman–Crippen MR) is 59.9 cm³/mol. The molecule has 1 atom stereocenters. The van der Waals surface area contributed by atoms with Crippen LogP contribution in [0.5, 0.6) is 0 Å². The third kappa shape index (κ3) is 2.54. The van der Waals surface area contributed by atoms with Crippen LogP contribution in [0, 0.1) is 0 Å². The molecule has 1 aromatic heterocycles. The fraction of sp³-hybridized carbons (Fsp3) is 0.600. The number of hydrogen-bond acceptors (Lipinski definition) is 3. The minimum atomic E-state index is -0.549. The van der Waals surface area contributed by atoms with Crippen LogP contribution in [0.2, 0.25) is 5.02 Å². The average molecular weight is 245 g/mol. The highest BCUT2D eigenvalue weighted by Crippen LogP contribution is 2.13. The van der Waals surface area contributed by atoms with Gasteiger partial charge in [0.05, 0.1) is 12.6 Å². The van der Waals surface area contributed by atoms with Crippen molar-refractivity contribution in [1.82, 2.24) is 9.55 Å². The van der Waals surface area contributed by atoms with Gasteiger partial charge in [0.15, 0.2) is 0 Å². The molecule has 1 N–H and O–H groups in total. The van der Waals surface area contributed by atoms with Gasteiger partial charge in [0.2, 0.25) is 0 Å². The molecule has 6 heteroatoms. The summed E-state index contributed by atoms with van der Waals surface area (Å²) in [6.07, 6.45) is 4.51. The van der Waals surface area contributed by atoms with Gasteiger partial charge in [-0.15, -0.1) is 0 Å². The Morgan fingerprint density at radius 1 is 1.50 bits per heavy atom. The third-order valence-electron chi connectivity index (χ3n) is 2.64. The van der Waals surface area contributed by atoms with Crippen molar-refractivity contribution in [3.63, 3.8) is 0 Å². The Bertz CT molecular complexity index is 474. The lowest BCUT2D eigenvalue weighted by atomic mass is 10.1. The molecule has 0 radical (unpaired) electrons. The molecule has 1 aromatic rings. The van der Waals surface area contributed by atoms with Gasteiger partial charge in [0.25, 0.3) is 5.56 Å². The van der Waals surface area contributed by atoms with Gasteiger partial charge < -0.3 is 4.74 Å². The lowest BCUT2D eigenvalue weighted by Crippen LogP contribution is -2.34. The second-order valence-corrected chi connectivity index (χ2v) is 4.28. The Labute approximate surface area is 97.0 Å². The zero-order chi connectivity index (χ0) is 11.5. The van der Waals surface area contributed by atoms with E-state index in [-0.39, 0.29) is 11.1 Å². The highest BCUT2D eigenvalue weighted by atomic mass is 35.5. The molecule has 1 fully saturated rings. The van der Waals surface area contributed by atoms with Gasteiger partial charge in [-0.3, -0.25) is 14.3 Å². The molecule has 0 saturated carbocycles. The fourth-order valence-electron chi connectivity index (χ4n) is 1.79. The Balaban J connectivity index is 2.17. The molecular weight excluding hydrogens is 232 g/mol. The van der Waals surface area contributed by atoms with Crippen molar-refractivity contribution in [2.45, 2.75) is 31.9 Å². The average Bonchev–Trinajstić information content (AvgIpc) is 2.27. The Kier molecular flexibility index (Phi) is 3.46. The van der Waals surface area contributed by atoms with Crippen molar-refractivity contribution < 1.29 is 4.74 Å². The lowest BCUT2D eigenvalue weighted by Gasteiger charge is -2.22.